The van der Waals surface area contributed by atoms with Gasteiger partial charge in [-0.2, -0.15) is 5.26 Å². The van der Waals surface area contributed by atoms with Crippen LogP contribution in [0.3, 0.4) is 0 Å². The fourth-order valence-corrected chi connectivity index (χ4v) is 2.39. The van der Waals surface area contributed by atoms with Crippen molar-refractivity contribution in [2.45, 2.75) is 38.6 Å². The van der Waals surface area contributed by atoms with Crippen molar-refractivity contribution < 1.29 is 9.18 Å². The van der Waals surface area contributed by atoms with Crippen LogP contribution in [0.15, 0.2) is 18.2 Å². The van der Waals surface area contributed by atoms with Gasteiger partial charge in [0.25, 0.3) is 0 Å². The second kappa shape index (κ2) is 6.33. The molecule has 3 nitrogen and oxygen atoms in total. The van der Waals surface area contributed by atoms with Crippen LogP contribution in [0.2, 0.25) is 0 Å². The molecule has 2 rings (SSSR count). The molecule has 100 valence electrons. The lowest BCUT2D eigenvalue weighted by atomic mass is 10.0. The molecule has 1 aliphatic heterocycles. The highest BCUT2D eigenvalue weighted by atomic mass is 19.1. The van der Waals surface area contributed by atoms with Crippen LogP contribution in [0.1, 0.15) is 43.2 Å². The molecule has 0 bridgehead atoms. The first-order chi connectivity index (χ1) is 9.20. The second-order valence-corrected chi connectivity index (χ2v) is 4.89. The van der Waals surface area contributed by atoms with Gasteiger partial charge in [0.1, 0.15) is 5.82 Å². The lowest BCUT2D eigenvalue weighted by molar-refractivity contribution is -0.132. The summed E-state index contributed by atoms with van der Waals surface area (Å²) in [7, 11) is 0. The zero-order valence-corrected chi connectivity index (χ0v) is 10.9. The lowest BCUT2D eigenvalue weighted by Crippen LogP contribution is -2.32. The number of amides is 1. The number of nitriles is 1. The van der Waals surface area contributed by atoms with Crippen LogP contribution in [-0.2, 0) is 11.3 Å². The number of hydrogen-bond donors (Lipinski definition) is 0. The van der Waals surface area contributed by atoms with Gasteiger partial charge in [-0.1, -0.05) is 12.8 Å². The number of carbonyl (C=O) groups excluding carboxylic acids is 1. The van der Waals surface area contributed by atoms with Crippen molar-refractivity contribution in [2.24, 2.45) is 0 Å². The number of likely N-dealkylation sites (tertiary alicyclic amines) is 1. The van der Waals surface area contributed by atoms with E-state index in [0.717, 1.165) is 25.7 Å². The topological polar surface area (TPSA) is 44.1 Å². The fourth-order valence-electron chi connectivity index (χ4n) is 2.39. The van der Waals surface area contributed by atoms with Crippen molar-refractivity contribution in [3.05, 3.63) is 35.1 Å². The molecule has 1 aliphatic rings. The van der Waals surface area contributed by atoms with Crippen LogP contribution in [0.5, 0.6) is 0 Å². The summed E-state index contributed by atoms with van der Waals surface area (Å²) in [5.41, 5.74) is 1.03. The van der Waals surface area contributed by atoms with E-state index >= 15 is 0 Å². The maximum absolute atomic E-state index is 13.3. The quantitative estimate of drug-likeness (QED) is 0.820. The van der Waals surface area contributed by atoms with Crippen molar-refractivity contribution in [3.8, 4) is 6.07 Å². The van der Waals surface area contributed by atoms with E-state index in [1.165, 1.54) is 18.2 Å². The second-order valence-electron chi connectivity index (χ2n) is 4.89. The van der Waals surface area contributed by atoms with E-state index in [1.807, 2.05) is 0 Å². The Hall–Kier alpha value is -1.89. The molecule has 0 saturated carbocycles. The normalized spacial score (nSPS) is 16.6. The zero-order valence-electron chi connectivity index (χ0n) is 10.9. The standard InChI is InChI=1S/C15H17FN2O/c16-14-7-6-12(10-17)13(9-14)11-18-8-4-2-1-3-5-15(18)19/h6-7,9H,1-5,8,11H2. The number of halogens is 1. The van der Waals surface area contributed by atoms with Crippen molar-refractivity contribution >= 4 is 5.91 Å². The van der Waals surface area contributed by atoms with E-state index in [2.05, 4.69) is 6.07 Å². The maximum Gasteiger partial charge on any atom is 0.222 e. The molecule has 1 saturated heterocycles. The highest BCUT2D eigenvalue weighted by Crippen LogP contribution is 2.17. The van der Waals surface area contributed by atoms with Crippen molar-refractivity contribution in [1.82, 2.24) is 4.90 Å². The van der Waals surface area contributed by atoms with Crippen LogP contribution in [-0.4, -0.2) is 17.4 Å². The Morgan fingerprint density at radius 3 is 2.84 bits per heavy atom. The first-order valence-corrected chi connectivity index (χ1v) is 6.67. The third-order valence-electron chi connectivity index (χ3n) is 3.47. The molecular weight excluding hydrogens is 243 g/mol. The SMILES string of the molecule is N#Cc1ccc(F)cc1CN1CCCCCCC1=O. The molecule has 0 radical (unpaired) electrons. The Labute approximate surface area is 112 Å². The number of nitrogens with zero attached hydrogens (tertiary/aromatic N) is 2. The van der Waals surface area contributed by atoms with Gasteiger partial charge in [0, 0.05) is 19.5 Å². The van der Waals surface area contributed by atoms with Crippen molar-refractivity contribution in [1.29, 1.82) is 5.26 Å². The number of benzene rings is 1. The van der Waals surface area contributed by atoms with Crippen LogP contribution < -0.4 is 0 Å². The van der Waals surface area contributed by atoms with Gasteiger partial charge in [0.05, 0.1) is 11.6 Å². The van der Waals surface area contributed by atoms with Crippen molar-refractivity contribution in [3.63, 3.8) is 0 Å². The van der Waals surface area contributed by atoms with E-state index in [9.17, 15) is 9.18 Å². The Morgan fingerprint density at radius 1 is 1.26 bits per heavy atom. The summed E-state index contributed by atoms with van der Waals surface area (Å²) in [6, 6.07) is 6.15. The summed E-state index contributed by atoms with van der Waals surface area (Å²) in [6.45, 7) is 1.03. The third-order valence-corrected chi connectivity index (χ3v) is 3.47. The molecule has 0 aromatic heterocycles. The van der Waals surface area contributed by atoms with Crippen LogP contribution >= 0.6 is 0 Å². The van der Waals surface area contributed by atoms with Crippen LogP contribution in [0, 0.1) is 17.1 Å². The van der Waals surface area contributed by atoms with Gasteiger partial charge >= 0.3 is 0 Å². The Balaban J connectivity index is 2.16. The third kappa shape index (κ3) is 3.54. The summed E-state index contributed by atoms with van der Waals surface area (Å²) in [5, 5.41) is 9.03. The summed E-state index contributed by atoms with van der Waals surface area (Å²) in [6.07, 6.45) is 4.67. The summed E-state index contributed by atoms with van der Waals surface area (Å²) < 4.78 is 13.3. The number of rotatable bonds is 2. The van der Waals surface area contributed by atoms with Gasteiger partial charge in [0.15, 0.2) is 0 Å². The smallest absolute Gasteiger partial charge is 0.222 e. The minimum atomic E-state index is -0.367. The first kappa shape index (κ1) is 13.5. The van der Waals surface area contributed by atoms with E-state index in [4.69, 9.17) is 5.26 Å². The molecule has 19 heavy (non-hydrogen) atoms. The Morgan fingerprint density at radius 2 is 2.05 bits per heavy atom. The number of hydrogen-bond acceptors (Lipinski definition) is 2. The number of carbonyl (C=O) groups is 1. The summed E-state index contributed by atoms with van der Waals surface area (Å²) >= 11 is 0. The Bertz CT molecular complexity index is 507. The molecule has 0 N–H and O–H groups in total. The van der Waals surface area contributed by atoms with Gasteiger partial charge in [-0.15, -0.1) is 0 Å². The molecular formula is C15H17FN2O. The minimum Gasteiger partial charge on any atom is -0.338 e. The zero-order chi connectivity index (χ0) is 13.7. The van der Waals surface area contributed by atoms with Gasteiger partial charge in [-0.05, 0) is 36.6 Å². The van der Waals surface area contributed by atoms with Crippen molar-refractivity contribution in [2.75, 3.05) is 6.54 Å². The largest absolute Gasteiger partial charge is 0.338 e. The molecule has 0 unspecified atom stereocenters. The Kier molecular flexibility index (Phi) is 4.51. The van der Waals surface area contributed by atoms with Crippen LogP contribution in [0.4, 0.5) is 4.39 Å². The summed E-state index contributed by atoms with van der Waals surface area (Å²) in [5.74, 6) is -0.263. The lowest BCUT2D eigenvalue weighted by Gasteiger charge is -2.25. The minimum absolute atomic E-state index is 0.104. The van der Waals surface area contributed by atoms with Crippen LogP contribution in [0.25, 0.3) is 0 Å². The maximum atomic E-state index is 13.3. The molecule has 0 atom stereocenters. The molecule has 0 spiro atoms. The molecule has 1 aromatic rings. The molecule has 0 aliphatic carbocycles. The molecule has 1 amide bonds. The van der Waals surface area contributed by atoms with Gasteiger partial charge in [-0.3, -0.25) is 4.79 Å². The molecule has 4 heteroatoms. The molecule has 1 heterocycles. The average molecular weight is 260 g/mol. The van der Waals surface area contributed by atoms with E-state index in [0.29, 0.717) is 30.6 Å². The monoisotopic (exact) mass is 260 g/mol. The van der Waals surface area contributed by atoms with Gasteiger partial charge < -0.3 is 4.90 Å². The predicted molar refractivity (Wildman–Crippen MR) is 69.6 cm³/mol. The molecule has 1 fully saturated rings. The fraction of sp³-hybridized carbons (Fsp3) is 0.467. The van der Waals surface area contributed by atoms with E-state index in [-0.39, 0.29) is 11.7 Å². The van der Waals surface area contributed by atoms with E-state index in [1.54, 1.807) is 4.90 Å². The average Bonchev–Trinajstić information content (AvgIpc) is 2.39. The first-order valence-electron chi connectivity index (χ1n) is 6.67. The highest BCUT2D eigenvalue weighted by Gasteiger charge is 2.17. The predicted octanol–water partition coefficient (Wildman–Crippen LogP) is 2.99. The van der Waals surface area contributed by atoms with Gasteiger partial charge in [-0.25, -0.2) is 4.39 Å². The highest BCUT2D eigenvalue weighted by molar-refractivity contribution is 5.76. The molecule has 1 aromatic carbocycles. The summed E-state index contributed by atoms with van der Waals surface area (Å²) in [4.78, 5) is 13.8. The van der Waals surface area contributed by atoms with Gasteiger partial charge in [0.2, 0.25) is 5.91 Å². The van der Waals surface area contributed by atoms with E-state index < -0.39 is 0 Å².